The van der Waals surface area contributed by atoms with Gasteiger partial charge in [-0.05, 0) is 35.6 Å². The van der Waals surface area contributed by atoms with Crippen molar-refractivity contribution in [2.75, 3.05) is 0 Å². The zero-order valence-electron chi connectivity index (χ0n) is 11.8. The number of aromatic nitrogens is 2. The van der Waals surface area contributed by atoms with Crippen molar-refractivity contribution in [1.29, 1.82) is 0 Å². The van der Waals surface area contributed by atoms with E-state index in [2.05, 4.69) is 9.97 Å². The Morgan fingerprint density at radius 3 is 2.95 bits per heavy atom. The minimum atomic E-state index is -1.16. The van der Waals surface area contributed by atoms with E-state index in [-0.39, 0.29) is 6.42 Å². The Labute approximate surface area is 126 Å². The van der Waals surface area contributed by atoms with E-state index in [4.69, 9.17) is 14.5 Å². The van der Waals surface area contributed by atoms with E-state index in [0.717, 1.165) is 5.56 Å². The summed E-state index contributed by atoms with van der Waals surface area (Å²) in [5.74, 6) is -0.169. The number of carboxylic acids is 1. The van der Waals surface area contributed by atoms with Gasteiger partial charge in [-0.2, -0.15) is 0 Å². The molecular weight excluding hydrogens is 287 g/mol. The number of hydrogen-bond acceptors (Lipinski definition) is 6. The normalized spacial score (nSPS) is 16.5. The summed E-state index contributed by atoms with van der Waals surface area (Å²) in [6.45, 7) is 1.82. The van der Waals surface area contributed by atoms with Gasteiger partial charge in [-0.25, -0.2) is 4.98 Å². The van der Waals surface area contributed by atoms with Gasteiger partial charge in [0.2, 0.25) is 5.88 Å². The summed E-state index contributed by atoms with van der Waals surface area (Å²) in [5, 5.41) is 18.9. The highest BCUT2D eigenvalue weighted by atomic mass is 16.5. The van der Waals surface area contributed by atoms with Crippen LogP contribution in [0, 0.1) is 6.92 Å². The molecule has 0 fully saturated rings. The maximum Gasteiger partial charge on any atom is 0.492 e. The summed E-state index contributed by atoms with van der Waals surface area (Å²) < 4.78 is 10.9. The quantitative estimate of drug-likeness (QED) is 0.805. The first kappa shape index (κ1) is 14.5. The lowest BCUT2D eigenvalue weighted by Gasteiger charge is -2.13. The third-order valence-corrected chi connectivity index (χ3v) is 3.40. The monoisotopic (exact) mass is 300 g/mol. The fourth-order valence-electron chi connectivity index (χ4n) is 2.56. The molecule has 1 aromatic heterocycles. The molecule has 2 N–H and O–H groups in total. The summed E-state index contributed by atoms with van der Waals surface area (Å²) in [7, 11) is -1.16. The van der Waals surface area contributed by atoms with E-state index in [9.17, 15) is 9.82 Å². The van der Waals surface area contributed by atoms with Crippen LogP contribution in [0.2, 0.25) is 0 Å². The molecule has 0 saturated heterocycles. The molecule has 22 heavy (non-hydrogen) atoms. The smallest absolute Gasteiger partial charge is 0.481 e. The van der Waals surface area contributed by atoms with E-state index >= 15 is 0 Å². The topological polar surface area (TPSA) is 102 Å². The van der Waals surface area contributed by atoms with E-state index in [1.807, 2.05) is 6.92 Å². The van der Waals surface area contributed by atoms with Crippen LogP contribution in [0.5, 0.6) is 11.6 Å². The second-order valence-electron chi connectivity index (χ2n) is 4.96. The highest BCUT2D eigenvalue weighted by Crippen LogP contribution is 2.32. The molecule has 3 rings (SSSR count). The standard InChI is InChI=1S/C14H13BN2O5/c1-8-4-9(21-12-7-16-2-3-17-12)5-10-14(8)11(6-13(18)19)22-15(10)20/h2-5,7,11,20H,6H2,1H3,(H,18,19). The molecule has 1 aromatic carbocycles. The Bertz CT molecular complexity index is 710. The molecule has 1 aliphatic rings. The Balaban J connectivity index is 1.93. The number of rotatable bonds is 4. The molecule has 0 amide bonds. The minimum Gasteiger partial charge on any atom is -0.481 e. The molecule has 8 heteroatoms. The number of ether oxygens (including phenoxy) is 1. The van der Waals surface area contributed by atoms with Gasteiger partial charge in [-0.1, -0.05) is 0 Å². The maximum absolute atomic E-state index is 10.9. The number of carboxylic acid groups (broad SMARTS) is 1. The van der Waals surface area contributed by atoms with Crippen molar-refractivity contribution in [3.8, 4) is 11.6 Å². The second-order valence-corrected chi connectivity index (χ2v) is 4.96. The molecule has 0 aliphatic carbocycles. The first-order chi connectivity index (χ1) is 10.5. The van der Waals surface area contributed by atoms with Gasteiger partial charge in [0.25, 0.3) is 0 Å². The Kier molecular flexibility index (Phi) is 3.78. The van der Waals surface area contributed by atoms with Crippen LogP contribution in [-0.4, -0.2) is 33.2 Å². The summed E-state index contributed by atoms with van der Waals surface area (Å²) >= 11 is 0. The molecule has 112 valence electrons. The van der Waals surface area contributed by atoms with E-state index in [1.165, 1.54) is 18.6 Å². The highest BCUT2D eigenvalue weighted by Gasteiger charge is 2.37. The van der Waals surface area contributed by atoms with Crippen LogP contribution in [0.1, 0.15) is 23.7 Å². The van der Waals surface area contributed by atoms with Crippen molar-refractivity contribution in [3.63, 3.8) is 0 Å². The van der Waals surface area contributed by atoms with Gasteiger partial charge in [0.15, 0.2) is 0 Å². The van der Waals surface area contributed by atoms with Gasteiger partial charge in [-0.15, -0.1) is 0 Å². The molecule has 7 nitrogen and oxygen atoms in total. The van der Waals surface area contributed by atoms with Crippen LogP contribution >= 0.6 is 0 Å². The number of aryl methyl sites for hydroxylation is 1. The van der Waals surface area contributed by atoms with Crippen LogP contribution in [0.25, 0.3) is 0 Å². The summed E-state index contributed by atoms with van der Waals surface area (Å²) in [5.41, 5.74) is 2.01. The van der Waals surface area contributed by atoms with Crippen molar-refractivity contribution in [1.82, 2.24) is 9.97 Å². The van der Waals surface area contributed by atoms with E-state index in [0.29, 0.717) is 22.7 Å². The number of fused-ring (bicyclic) bond motifs is 1. The summed E-state index contributed by atoms with van der Waals surface area (Å²) in [6, 6.07) is 3.38. The fraction of sp³-hybridized carbons (Fsp3) is 0.214. The fourth-order valence-corrected chi connectivity index (χ4v) is 2.56. The summed E-state index contributed by atoms with van der Waals surface area (Å²) in [6.07, 6.45) is 3.66. The lowest BCUT2D eigenvalue weighted by Crippen LogP contribution is -2.28. The molecule has 0 spiro atoms. The van der Waals surface area contributed by atoms with Gasteiger partial charge in [-0.3, -0.25) is 9.78 Å². The first-order valence-corrected chi connectivity index (χ1v) is 6.68. The number of aliphatic carboxylic acids is 1. The number of hydrogen-bond donors (Lipinski definition) is 2. The molecule has 1 aliphatic heterocycles. The van der Waals surface area contributed by atoms with Gasteiger partial charge >= 0.3 is 13.1 Å². The maximum atomic E-state index is 10.9. The second kappa shape index (κ2) is 5.74. The van der Waals surface area contributed by atoms with Crippen molar-refractivity contribution in [2.45, 2.75) is 19.4 Å². The van der Waals surface area contributed by atoms with E-state index < -0.39 is 19.2 Å². The van der Waals surface area contributed by atoms with E-state index in [1.54, 1.807) is 12.1 Å². The molecule has 1 unspecified atom stereocenters. The van der Waals surface area contributed by atoms with Crippen LogP contribution < -0.4 is 10.2 Å². The zero-order chi connectivity index (χ0) is 15.7. The van der Waals surface area contributed by atoms with Crippen molar-refractivity contribution >= 4 is 18.6 Å². The van der Waals surface area contributed by atoms with Gasteiger partial charge < -0.3 is 19.5 Å². The van der Waals surface area contributed by atoms with Crippen molar-refractivity contribution < 1.29 is 24.3 Å². The number of carbonyl (C=O) groups is 1. The molecular formula is C14H13BN2O5. The van der Waals surface area contributed by atoms with Crippen LogP contribution in [0.3, 0.4) is 0 Å². The first-order valence-electron chi connectivity index (χ1n) is 6.68. The Morgan fingerprint density at radius 2 is 2.27 bits per heavy atom. The molecule has 1 atom stereocenters. The Morgan fingerprint density at radius 1 is 1.45 bits per heavy atom. The van der Waals surface area contributed by atoms with Gasteiger partial charge in [0.1, 0.15) is 5.75 Å². The molecule has 0 bridgehead atoms. The van der Waals surface area contributed by atoms with Gasteiger partial charge in [0.05, 0.1) is 18.7 Å². The third-order valence-electron chi connectivity index (χ3n) is 3.40. The lowest BCUT2D eigenvalue weighted by atomic mass is 9.77. The SMILES string of the molecule is Cc1cc(Oc2cnccn2)cc2c1C(CC(=O)O)OB2O. The molecule has 2 heterocycles. The minimum absolute atomic E-state index is 0.199. The summed E-state index contributed by atoms with van der Waals surface area (Å²) in [4.78, 5) is 18.8. The van der Waals surface area contributed by atoms with Crippen molar-refractivity contribution in [2.24, 2.45) is 0 Å². The largest absolute Gasteiger partial charge is 0.492 e. The average molecular weight is 300 g/mol. The van der Waals surface area contributed by atoms with Crippen LogP contribution in [0.4, 0.5) is 0 Å². The lowest BCUT2D eigenvalue weighted by molar-refractivity contribution is -0.138. The third kappa shape index (κ3) is 2.79. The molecule has 0 radical (unpaired) electrons. The molecule has 0 saturated carbocycles. The van der Waals surface area contributed by atoms with Gasteiger partial charge in [0, 0.05) is 12.4 Å². The van der Waals surface area contributed by atoms with Crippen molar-refractivity contribution in [3.05, 3.63) is 41.9 Å². The predicted octanol–water partition coefficient (Wildman–Crippen LogP) is 0.811. The molecule has 2 aromatic rings. The Hall–Kier alpha value is -2.45. The highest BCUT2D eigenvalue weighted by molar-refractivity contribution is 6.62. The predicted molar refractivity (Wildman–Crippen MR) is 77.0 cm³/mol. The van der Waals surface area contributed by atoms with Crippen LogP contribution in [0.15, 0.2) is 30.7 Å². The zero-order valence-corrected chi connectivity index (χ0v) is 11.8. The number of nitrogens with zero attached hydrogens (tertiary/aromatic N) is 2. The van der Waals surface area contributed by atoms with Crippen LogP contribution in [-0.2, 0) is 9.45 Å². The number of benzene rings is 1. The average Bonchev–Trinajstić information content (AvgIpc) is 2.76.